The van der Waals surface area contributed by atoms with Gasteiger partial charge >= 0.3 is 11.9 Å². The van der Waals surface area contributed by atoms with Gasteiger partial charge in [0.25, 0.3) is 0 Å². The number of anilines is 1. The minimum atomic E-state index is -0.593. The van der Waals surface area contributed by atoms with E-state index in [0.29, 0.717) is 11.3 Å². The molecule has 1 rings (SSSR count). The minimum absolute atomic E-state index is 0.226. The number of nitrogens with one attached hydrogen (secondary N) is 1. The molecule has 0 atom stereocenters. The highest BCUT2D eigenvalue weighted by atomic mass is 16.5. The first kappa shape index (κ1) is 18.4. The normalized spacial score (nSPS) is 10.9. The van der Waals surface area contributed by atoms with E-state index in [1.165, 1.54) is 6.07 Å². The van der Waals surface area contributed by atoms with Gasteiger partial charge in [0, 0.05) is 17.8 Å². The van der Waals surface area contributed by atoms with Crippen molar-refractivity contribution in [2.75, 3.05) is 5.32 Å². The van der Waals surface area contributed by atoms with Crippen molar-refractivity contribution in [3.8, 4) is 0 Å². The highest BCUT2D eigenvalue weighted by Gasteiger charge is 2.10. The standard InChI is InChI=1S/C17H21NO5/c1-11(2)22-16(20)9-8-15(19)18-14-7-5-6-13(10-14)17(21)23-12(3)4/h5-12H,1-4H3,(H,18,19)/b9-8+. The lowest BCUT2D eigenvalue weighted by Crippen LogP contribution is -2.13. The van der Waals surface area contributed by atoms with E-state index in [4.69, 9.17) is 9.47 Å². The summed E-state index contributed by atoms with van der Waals surface area (Å²) in [6.07, 6.45) is 1.64. The molecule has 0 aliphatic carbocycles. The number of carbonyl (C=O) groups excluding carboxylic acids is 3. The zero-order valence-electron chi connectivity index (χ0n) is 13.7. The van der Waals surface area contributed by atoms with E-state index in [-0.39, 0.29) is 12.2 Å². The van der Waals surface area contributed by atoms with Gasteiger partial charge in [-0.2, -0.15) is 0 Å². The molecule has 1 amide bonds. The molecule has 1 aromatic carbocycles. The maximum atomic E-state index is 11.8. The summed E-state index contributed by atoms with van der Waals surface area (Å²) in [5, 5.41) is 2.56. The average molecular weight is 319 g/mol. The molecule has 0 radical (unpaired) electrons. The molecule has 0 unspecified atom stereocenters. The fourth-order valence-electron chi connectivity index (χ4n) is 1.61. The SMILES string of the molecule is CC(C)OC(=O)/C=C/C(=O)Nc1cccc(C(=O)OC(C)C)c1. The number of benzene rings is 1. The van der Waals surface area contributed by atoms with Crippen molar-refractivity contribution in [2.45, 2.75) is 39.9 Å². The van der Waals surface area contributed by atoms with E-state index in [9.17, 15) is 14.4 Å². The van der Waals surface area contributed by atoms with Crippen LogP contribution in [0.3, 0.4) is 0 Å². The summed E-state index contributed by atoms with van der Waals surface area (Å²) in [6, 6.07) is 6.35. The van der Waals surface area contributed by atoms with E-state index in [2.05, 4.69) is 5.32 Å². The highest BCUT2D eigenvalue weighted by Crippen LogP contribution is 2.12. The molecule has 0 saturated heterocycles. The highest BCUT2D eigenvalue weighted by molar-refractivity contribution is 6.03. The number of hydrogen-bond acceptors (Lipinski definition) is 5. The second-order valence-electron chi connectivity index (χ2n) is 5.34. The Hall–Kier alpha value is -2.63. The molecule has 0 spiro atoms. The van der Waals surface area contributed by atoms with Gasteiger partial charge in [0.1, 0.15) is 0 Å². The first-order valence-electron chi connectivity index (χ1n) is 7.28. The van der Waals surface area contributed by atoms with Crippen molar-refractivity contribution in [3.05, 3.63) is 42.0 Å². The minimum Gasteiger partial charge on any atom is -0.460 e. The molecule has 6 nitrogen and oxygen atoms in total. The summed E-state index contributed by atoms with van der Waals surface area (Å²) in [4.78, 5) is 34.8. The molecule has 23 heavy (non-hydrogen) atoms. The van der Waals surface area contributed by atoms with Crippen LogP contribution in [0.2, 0.25) is 0 Å². The molecule has 0 saturated carbocycles. The molecule has 0 bridgehead atoms. The van der Waals surface area contributed by atoms with Crippen LogP contribution in [0.5, 0.6) is 0 Å². The molecule has 0 aliphatic heterocycles. The Morgan fingerprint density at radius 1 is 1.00 bits per heavy atom. The Labute approximate surface area is 135 Å². The average Bonchev–Trinajstić information content (AvgIpc) is 2.44. The van der Waals surface area contributed by atoms with Crippen molar-refractivity contribution in [2.24, 2.45) is 0 Å². The van der Waals surface area contributed by atoms with E-state index < -0.39 is 17.8 Å². The maximum absolute atomic E-state index is 11.8. The lowest BCUT2D eigenvalue weighted by atomic mass is 10.2. The van der Waals surface area contributed by atoms with Gasteiger partial charge in [-0.25, -0.2) is 9.59 Å². The number of amides is 1. The van der Waals surface area contributed by atoms with E-state index in [1.807, 2.05) is 0 Å². The summed E-state index contributed by atoms with van der Waals surface area (Å²) >= 11 is 0. The summed E-state index contributed by atoms with van der Waals surface area (Å²) < 4.78 is 9.96. The topological polar surface area (TPSA) is 81.7 Å². The summed E-state index contributed by atoms with van der Waals surface area (Å²) in [6.45, 7) is 6.94. The van der Waals surface area contributed by atoms with Crippen molar-refractivity contribution < 1.29 is 23.9 Å². The van der Waals surface area contributed by atoms with Gasteiger partial charge in [-0.1, -0.05) is 6.07 Å². The van der Waals surface area contributed by atoms with Gasteiger partial charge < -0.3 is 14.8 Å². The second kappa shape index (κ2) is 8.73. The summed E-state index contributed by atoms with van der Waals surface area (Å²) in [5.41, 5.74) is 0.759. The molecular weight excluding hydrogens is 298 g/mol. The number of hydrogen-bond donors (Lipinski definition) is 1. The Morgan fingerprint density at radius 3 is 2.26 bits per heavy atom. The van der Waals surface area contributed by atoms with E-state index >= 15 is 0 Å². The molecule has 124 valence electrons. The Kier molecular flexibility index (Phi) is 6.99. The lowest BCUT2D eigenvalue weighted by molar-refractivity contribution is -0.141. The van der Waals surface area contributed by atoms with E-state index in [1.54, 1.807) is 45.9 Å². The molecule has 1 N–H and O–H groups in total. The van der Waals surface area contributed by atoms with Crippen molar-refractivity contribution >= 4 is 23.5 Å². The van der Waals surface area contributed by atoms with Gasteiger partial charge in [-0.15, -0.1) is 0 Å². The number of carbonyl (C=O) groups is 3. The third-order valence-electron chi connectivity index (χ3n) is 2.43. The Morgan fingerprint density at radius 2 is 1.65 bits per heavy atom. The van der Waals surface area contributed by atoms with Crippen LogP contribution < -0.4 is 5.32 Å². The third-order valence-corrected chi connectivity index (χ3v) is 2.43. The summed E-state index contributed by atoms with van der Waals surface area (Å²) in [7, 11) is 0. The summed E-state index contributed by atoms with van der Waals surface area (Å²) in [5.74, 6) is -1.56. The molecule has 1 aromatic rings. The van der Waals surface area contributed by atoms with Crippen LogP contribution in [0.4, 0.5) is 5.69 Å². The molecule has 0 aliphatic rings. The first-order chi connectivity index (χ1) is 10.8. The molecular formula is C17H21NO5. The van der Waals surface area contributed by atoms with Gasteiger partial charge in [0.2, 0.25) is 5.91 Å². The van der Waals surface area contributed by atoms with Crippen LogP contribution in [0.1, 0.15) is 38.1 Å². The lowest BCUT2D eigenvalue weighted by Gasteiger charge is -2.09. The monoisotopic (exact) mass is 319 g/mol. The van der Waals surface area contributed by atoms with Gasteiger partial charge in [0.05, 0.1) is 17.8 Å². The third kappa shape index (κ3) is 7.26. The zero-order chi connectivity index (χ0) is 17.4. The van der Waals surface area contributed by atoms with Crippen molar-refractivity contribution in [1.82, 2.24) is 0 Å². The van der Waals surface area contributed by atoms with Crippen LogP contribution in [0, 0.1) is 0 Å². The number of ether oxygens (including phenoxy) is 2. The first-order valence-corrected chi connectivity index (χ1v) is 7.28. The molecule has 0 fully saturated rings. The fourth-order valence-corrected chi connectivity index (χ4v) is 1.61. The predicted molar refractivity (Wildman–Crippen MR) is 86.0 cm³/mol. The van der Waals surface area contributed by atoms with Gasteiger partial charge in [-0.3, -0.25) is 4.79 Å². The number of esters is 2. The fraction of sp³-hybridized carbons (Fsp3) is 0.353. The predicted octanol–water partition coefficient (Wildman–Crippen LogP) is 2.70. The smallest absolute Gasteiger partial charge is 0.338 e. The van der Waals surface area contributed by atoms with Crippen LogP contribution in [0.15, 0.2) is 36.4 Å². The van der Waals surface area contributed by atoms with Crippen LogP contribution >= 0.6 is 0 Å². The Balaban J connectivity index is 2.67. The largest absolute Gasteiger partial charge is 0.460 e. The number of rotatable bonds is 6. The Bertz CT molecular complexity index is 605. The van der Waals surface area contributed by atoms with Crippen LogP contribution in [0.25, 0.3) is 0 Å². The van der Waals surface area contributed by atoms with Gasteiger partial charge in [0.15, 0.2) is 0 Å². The molecule has 0 aromatic heterocycles. The van der Waals surface area contributed by atoms with Crippen molar-refractivity contribution in [1.29, 1.82) is 0 Å². The molecule has 6 heteroatoms. The van der Waals surface area contributed by atoms with Crippen LogP contribution in [-0.4, -0.2) is 30.1 Å². The molecule has 0 heterocycles. The van der Waals surface area contributed by atoms with Gasteiger partial charge in [-0.05, 0) is 45.9 Å². The maximum Gasteiger partial charge on any atom is 0.338 e. The van der Waals surface area contributed by atoms with Crippen molar-refractivity contribution in [3.63, 3.8) is 0 Å². The van der Waals surface area contributed by atoms with Crippen LogP contribution in [-0.2, 0) is 19.1 Å². The second-order valence-corrected chi connectivity index (χ2v) is 5.34. The van der Waals surface area contributed by atoms with E-state index in [0.717, 1.165) is 12.2 Å². The zero-order valence-corrected chi connectivity index (χ0v) is 13.7. The quantitative estimate of drug-likeness (QED) is 0.644.